The normalized spacial score (nSPS) is 16.3. The van der Waals surface area contributed by atoms with Gasteiger partial charge in [-0.15, -0.1) is 0 Å². The van der Waals surface area contributed by atoms with Crippen LogP contribution in [0.25, 0.3) is 0 Å². The third-order valence-electron chi connectivity index (χ3n) is 12.5. The second-order valence-corrected chi connectivity index (χ2v) is 18.5. The molecule has 404 valence electrons. The van der Waals surface area contributed by atoms with Crippen LogP contribution in [0.4, 0.5) is 13.2 Å². The second kappa shape index (κ2) is 28.0. The van der Waals surface area contributed by atoms with Gasteiger partial charge >= 0.3 is 12.1 Å². The molecule has 0 saturated carbocycles. The molecule has 0 unspecified atom stereocenters. The van der Waals surface area contributed by atoms with Crippen LogP contribution in [-0.2, 0) is 63.8 Å². The molecule has 1 aliphatic heterocycles. The number of hydrogen-bond donors (Lipinski definition) is 11. The lowest BCUT2D eigenvalue weighted by molar-refractivity contribution is -0.145. The molecule has 3 aromatic rings. The van der Waals surface area contributed by atoms with Gasteiger partial charge < -0.3 is 64.1 Å². The lowest BCUT2D eigenvalue weighted by atomic mass is 9.96. The Hall–Kier alpha value is -7.57. The summed E-state index contributed by atoms with van der Waals surface area (Å²) in [5.74, 6) is -8.25. The van der Waals surface area contributed by atoms with Crippen LogP contribution in [0, 0.1) is 11.8 Å². The first-order valence-corrected chi connectivity index (χ1v) is 24.3. The number of amides is 7. The Balaban J connectivity index is 1.62. The van der Waals surface area contributed by atoms with Crippen LogP contribution >= 0.6 is 0 Å². The van der Waals surface area contributed by atoms with Gasteiger partial charge in [-0.25, -0.2) is 9.78 Å². The van der Waals surface area contributed by atoms with Gasteiger partial charge in [0.05, 0.1) is 18.4 Å². The molecule has 2 aromatic carbocycles. The third-order valence-corrected chi connectivity index (χ3v) is 12.5. The number of guanidine groups is 1. The summed E-state index contributed by atoms with van der Waals surface area (Å²) in [6.45, 7) is 6.34. The van der Waals surface area contributed by atoms with Crippen LogP contribution in [0.2, 0.25) is 0 Å². The van der Waals surface area contributed by atoms with Crippen LogP contribution in [0.1, 0.15) is 82.2 Å². The fourth-order valence-electron chi connectivity index (χ4n) is 8.21. The number of aliphatic carboxylic acids is 1. The van der Waals surface area contributed by atoms with Crippen LogP contribution < -0.4 is 49.1 Å². The van der Waals surface area contributed by atoms with Crippen molar-refractivity contribution in [1.29, 1.82) is 0 Å². The molecule has 2 heterocycles. The summed E-state index contributed by atoms with van der Waals surface area (Å²) in [7, 11) is 0. The minimum Gasteiger partial charge on any atom is -0.480 e. The van der Waals surface area contributed by atoms with E-state index in [-0.39, 0.29) is 56.7 Å². The molecule has 0 spiro atoms. The SMILES string of the molecule is CC[C@@H](C)[C@H](NC(=O)[C@H](Cc1ccc(C(F)(F)F)cc1)NC(=O)[C@@H](NC(=O)[C@H](CCCN=C(N)N)NC(=O)CN)C(C)C)C(=O)N[C@@H](Cc1cnc[nH]1)C(=O)N1CCC[C@H]1C(=O)N[C@@H](Cc1ccccc1)C(=O)O. The molecule has 1 aliphatic rings. The van der Waals surface area contributed by atoms with Gasteiger partial charge in [0.2, 0.25) is 41.4 Å². The molecule has 25 heteroatoms. The van der Waals surface area contributed by atoms with E-state index in [2.05, 4.69) is 46.9 Å². The van der Waals surface area contributed by atoms with Crippen molar-refractivity contribution >= 4 is 53.3 Å². The summed E-state index contributed by atoms with van der Waals surface area (Å²) in [5.41, 5.74) is 16.6. The first-order valence-electron chi connectivity index (χ1n) is 24.3. The smallest absolute Gasteiger partial charge is 0.416 e. The van der Waals surface area contributed by atoms with Crippen molar-refractivity contribution < 1.29 is 56.6 Å². The number of carboxylic acid groups (broad SMARTS) is 1. The Bertz CT molecular complexity index is 2400. The minimum atomic E-state index is -4.68. The summed E-state index contributed by atoms with van der Waals surface area (Å²) < 4.78 is 40.7. The first-order chi connectivity index (χ1) is 35.0. The predicted molar refractivity (Wildman–Crippen MR) is 265 cm³/mol. The van der Waals surface area contributed by atoms with Gasteiger partial charge in [0.25, 0.3) is 0 Å². The quantitative estimate of drug-likeness (QED) is 0.0276. The Morgan fingerprint density at radius 3 is 1.97 bits per heavy atom. The number of nitrogens with zero attached hydrogens (tertiary/aromatic N) is 3. The number of carbonyl (C=O) groups is 8. The number of rotatable bonds is 27. The van der Waals surface area contributed by atoms with Crippen molar-refractivity contribution in [1.82, 2.24) is 46.8 Å². The Kier molecular flexibility index (Phi) is 22.4. The van der Waals surface area contributed by atoms with E-state index in [0.717, 1.165) is 24.3 Å². The summed E-state index contributed by atoms with van der Waals surface area (Å²) in [6.07, 6.45) is -1.30. The van der Waals surface area contributed by atoms with E-state index >= 15 is 0 Å². The highest BCUT2D eigenvalue weighted by molar-refractivity contribution is 5.98. The molecule has 74 heavy (non-hydrogen) atoms. The van der Waals surface area contributed by atoms with Crippen molar-refractivity contribution in [2.75, 3.05) is 19.6 Å². The van der Waals surface area contributed by atoms with Crippen LogP contribution in [0.3, 0.4) is 0 Å². The number of alkyl halides is 3. The van der Waals surface area contributed by atoms with E-state index in [9.17, 15) is 56.6 Å². The largest absolute Gasteiger partial charge is 0.480 e. The van der Waals surface area contributed by atoms with Crippen molar-refractivity contribution in [2.45, 2.75) is 128 Å². The van der Waals surface area contributed by atoms with E-state index in [1.54, 1.807) is 58.0 Å². The number of halogens is 3. The highest BCUT2D eigenvalue weighted by Gasteiger charge is 2.41. The number of aromatic amines is 1. The Labute approximate surface area is 426 Å². The zero-order chi connectivity index (χ0) is 54.7. The van der Waals surface area contributed by atoms with Gasteiger partial charge in [-0.3, -0.25) is 38.6 Å². The van der Waals surface area contributed by atoms with Gasteiger partial charge in [-0.2, -0.15) is 13.2 Å². The molecule has 1 fully saturated rings. The number of aliphatic imine (C=N–C) groups is 1. The maximum absolute atomic E-state index is 14.5. The average Bonchev–Trinajstić information content (AvgIpc) is 4.08. The molecule has 8 atom stereocenters. The molecule has 1 aromatic heterocycles. The molecular weight excluding hydrogens is 972 g/mol. The van der Waals surface area contributed by atoms with E-state index in [0.29, 0.717) is 24.1 Å². The number of likely N-dealkylation sites (tertiary alicyclic amines) is 1. The molecule has 1 saturated heterocycles. The van der Waals surface area contributed by atoms with Crippen molar-refractivity contribution in [2.24, 2.45) is 34.0 Å². The maximum Gasteiger partial charge on any atom is 0.416 e. The van der Waals surface area contributed by atoms with E-state index in [1.807, 2.05) is 0 Å². The third kappa shape index (κ3) is 17.9. The molecule has 14 N–H and O–H groups in total. The molecule has 4 rings (SSSR count). The monoisotopic (exact) mass is 1040 g/mol. The zero-order valence-electron chi connectivity index (χ0n) is 41.7. The number of nitrogens with one attached hydrogen (secondary N) is 7. The lowest BCUT2D eigenvalue weighted by Gasteiger charge is -2.32. The Morgan fingerprint density at radius 2 is 1.39 bits per heavy atom. The van der Waals surface area contributed by atoms with E-state index < -0.39 is 126 Å². The topological polar surface area (TPSA) is 351 Å². The summed E-state index contributed by atoms with van der Waals surface area (Å²) in [6, 6.07) is 3.28. The number of nitrogens with two attached hydrogens (primary N) is 3. The first kappa shape index (κ1) is 59.0. The number of imidazole rings is 1. The average molecular weight is 1040 g/mol. The van der Waals surface area contributed by atoms with Crippen LogP contribution in [0.5, 0.6) is 0 Å². The van der Waals surface area contributed by atoms with Gasteiger partial charge in [-0.05, 0) is 60.8 Å². The second-order valence-electron chi connectivity index (χ2n) is 18.5. The minimum absolute atomic E-state index is 0.0197. The van der Waals surface area contributed by atoms with Gasteiger partial charge in [0, 0.05) is 44.2 Å². The standard InChI is InChI=1S/C49H68F3N13O9/c1-5-28(4)40(45(71)61-35(23-32-25-56-26-58-32)46(72)65-20-10-14-37(65)43(69)62-36(47(73)74)22-29-11-7-6-8-12-29)64-42(68)34(21-30-15-17-31(18-16-30)49(50,51)52)60-44(70)39(27(2)3)63-41(67)33(59-38(66)24-53)13-9-19-57-48(54)55/h6-8,11-12,15-18,25-28,33-37,39-40H,5,9-10,13-14,19-24,53H2,1-4H3,(H,56,58)(H,59,66)(H,60,70)(H,61,71)(H,62,69)(H,63,67)(H,64,68)(H,73,74)(H4,54,55,57)/t28-,33+,34+,35+,36+,37+,39+,40+/m1/s1. The summed E-state index contributed by atoms with van der Waals surface area (Å²) in [5, 5.41) is 25.7. The number of H-pyrrole nitrogens is 1. The van der Waals surface area contributed by atoms with Gasteiger partial charge in [0.15, 0.2) is 5.96 Å². The predicted octanol–water partition coefficient (Wildman–Crippen LogP) is 0.155. The van der Waals surface area contributed by atoms with Crippen LogP contribution in [-0.4, -0.2) is 135 Å². The number of hydrogen-bond acceptors (Lipinski definition) is 11. The summed E-state index contributed by atoms with van der Waals surface area (Å²) >= 11 is 0. The number of benzene rings is 2. The molecule has 0 radical (unpaired) electrons. The number of carboxylic acids is 1. The zero-order valence-corrected chi connectivity index (χ0v) is 41.7. The number of aromatic nitrogens is 2. The maximum atomic E-state index is 14.5. The molecule has 0 bridgehead atoms. The highest BCUT2D eigenvalue weighted by Crippen LogP contribution is 2.29. The van der Waals surface area contributed by atoms with E-state index in [1.165, 1.54) is 17.4 Å². The lowest BCUT2D eigenvalue weighted by Crippen LogP contribution is -2.62. The van der Waals surface area contributed by atoms with Crippen molar-refractivity contribution in [3.63, 3.8) is 0 Å². The van der Waals surface area contributed by atoms with Crippen molar-refractivity contribution in [3.8, 4) is 0 Å². The molecule has 7 amide bonds. The van der Waals surface area contributed by atoms with Crippen LogP contribution in [0.15, 0.2) is 72.1 Å². The molecular formula is C49H68F3N13O9. The molecule has 0 aliphatic carbocycles. The fraction of sp³-hybridized carbons (Fsp3) is 0.510. The van der Waals surface area contributed by atoms with E-state index in [4.69, 9.17) is 17.2 Å². The highest BCUT2D eigenvalue weighted by atomic mass is 19.4. The Morgan fingerprint density at radius 1 is 0.784 bits per heavy atom. The van der Waals surface area contributed by atoms with Gasteiger partial charge in [-0.1, -0.05) is 76.6 Å². The summed E-state index contributed by atoms with van der Waals surface area (Å²) in [4.78, 5) is 122. The van der Waals surface area contributed by atoms with Crippen molar-refractivity contribution in [3.05, 3.63) is 89.5 Å². The fourth-order valence-corrected chi connectivity index (χ4v) is 8.21. The molecule has 22 nitrogen and oxygen atoms in total. The van der Waals surface area contributed by atoms with Gasteiger partial charge in [0.1, 0.15) is 42.3 Å². The number of carbonyl (C=O) groups excluding carboxylic acids is 7.